The van der Waals surface area contributed by atoms with Crippen LogP contribution in [-0.2, 0) is 6.42 Å². The Bertz CT molecular complexity index is 537. The summed E-state index contributed by atoms with van der Waals surface area (Å²) in [7, 11) is 0. The van der Waals surface area contributed by atoms with E-state index in [4.69, 9.17) is 0 Å². The highest BCUT2D eigenvalue weighted by Crippen LogP contribution is 2.13. The molecule has 0 bridgehead atoms. The van der Waals surface area contributed by atoms with E-state index in [0.29, 0.717) is 0 Å². The Kier molecular flexibility index (Phi) is 8.58. The predicted octanol–water partition coefficient (Wildman–Crippen LogP) is 6.96. The average molecular weight is 296 g/mol. The van der Waals surface area contributed by atoms with Gasteiger partial charge in [-0.2, -0.15) is 0 Å². The van der Waals surface area contributed by atoms with Crippen molar-refractivity contribution in [2.75, 3.05) is 0 Å². The molecular weight excluding hydrogens is 264 g/mol. The molecule has 22 heavy (non-hydrogen) atoms. The third-order valence-corrected chi connectivity index (χ3v) is 3.89. The van der Waals surface area contributed by atoms with E-state index in [1.54, 1.807) is 0 Å². The first-order valence-corrected chi connectivity index (χ1v) is 8.47. The van der Waals surface area contributed by atoms with Crippen LogP contribution in [0.3, 0.4) is 0 Å². The number of rotatable bonds is 8. The number of hydrogen-bond donors (Lipinski definition) is 0. The molecule has 0 unspecified atom stereocenters. The number of allylic oxidation sites excluding steroid dienone is 6. The molecular formula is C22H32. The summed E-state index contributed by atoms with van der Waals surface area (Å²) in [5.41, 5.74) is 7.19. The molecule has 0 atom stereocenters. The van der Waals surface area contributed by atoms with Gasteiger partial charge in [-0.1, -0.05) is 64.8 Å². The van der Waals surface area contributed by atoms with Gasteiger partial charge in [0.05, 0.1) is 0 Å². The predicted molar refractivity (Wildman–Crippen MR) is 100 cm³/mol. The van der Waals surface area contributed by atoms with Crippen molar-refractivity contribution in [3.05, 3.63) is 70.3 Å². The standard InChI is InChI=1S/C22H32/c1-18(2)9-6-10-19(3)11-7-12-20(4)15-16-22-14-8-13-21(5)17-22/h8-9,11,13-15,17H,6-7,10,12,16H2,1-5H3/b19-11+,20-15+. The van der Waals surface area contributed by atoms with E-state index in [1.165, 1.54) is 47.1 Å². The Morgan fingerprint density at radius 2 is 1.50 bits per heavy atom. The summed E-state index contributed by atoms with van der Waals surface area (Å²) >= 11 is 0. The van der Waals surface area contributed by atoms with Gasteiger partial charge in [-0.3, -0.25) is 0 Å². The Labute approximate surface area is 137 Å². The fourth-order valence-corrected chi connectivity index (χ4v) is 2.47. The van der Waals surface area contributed by atoms with Crippen molar-refractivity contribution in [2.45, 2.75) is 66.7 Å². The summed E-state index contributed by atoms with van der Waals surface area (Å²) in [5, 5.41) is 0. The smallest absolute Gasteiger partial charge is 0.00948 e. The van der Waals surface area contributed by atoms with Crippen LogP contribution in [0.15, 0.2) is 59.2 Å². The van der Waals surface area contributed by atoms with E-state index >= 15 is 0 Å². The summed E-state index contributed by atoms with van der Waals surface area (Å²) < 4.78 is 0. The highest BCUT2D eigenvalue weighted by molar-refractivity contribution is 5.24. The van der Waals surface area contributed by atoms with Crippen LogP contribution in [0, 0.1) is 6.92 Å². The molecule has 1 aromatic rings. The number of hydrogen-bond acceptors (Lipinski definition) is 0. The second-order valence-electron chi connectivity index (χ2n) is 6.65. The lowest BCUT2D eigenvalue weighted by Gasteiger charge is -2.03. The number of benzene rings is 1. The summed E-state index contributed by atoms with van der Waals surface area (Å²) in [5.74, 6) is 0. The van der Waals surface area contributed by atoms with E-state index in [9.17, 15) is 0 Å². The van der Waals surface area contributed by atoms with Crippen molar-refractivity contribution < 1.29 is 0 Å². The molecule has 0 aliphatic heterocycles. The van der Waals surface area contributed by atoms with E-state index in [2.05, 4.69) is 77.1 Å². The lowest BCUT2D eigenvalue weighted by molar-refractivity contribution is 0.914. The van der Waals surface area contributed by atoms with Gasteiger partial charge >= 0.3 is 0 Å². The van der Waals surface area contributed by atoms with Gasteiger partial charge in [-0.05, 0) is 72.3 Å². The Morgan fingerprint density at radius 3 is 2.14 bits per heavy atom. The van der Waals surface area contributed by atoms with Gasteiger partial charge in [-0.25, -0.2) is 0 Å². The van der Waals surface area contributed by atoms with Crippen molar-refractivity contribution in [1.82, 2.24) is 0 Å². The fourth-order valence-electron chi connectivity index (χ4n) is 2.47. The third-order valence-electron chi connectivity index (χ3n) is 3.89. The fraction of sp³-hybridized carbons (Fsp3) is 0.455. The molecule has 0 heterocycles. The molecule has 0 N–H and O–H groups in total. The molecule has 120 valence electrons. The minimum atomic E-state index is 1.05. The SMILES string of the molecule is CC(C)=CCC/C(C)=C/CC/C(C)=C/Cc1cccc(C)c1. The lowest BCUT2D eigenvalue weighted by Crippen LogP contribution is -1.85. The van der Waals surface area contributed by atoms with Gasteiger partial charge in [0.25, 0.3) is 0 Å². The second-order valence-corrected chi connectivity index (χ2v) is 6.65. The monoisotopic (exact) mass is 296 g/mol. The molecule has 1 rings (SSSR count). The molecule has 0 heteroatoms. The normalized spacial score (nSPS) is 12.4. The highest BCUT2D eigenvalue weighted by Gasteiger charge is 1.94. The Balaban J connectivity index is 2.34. The van der Waals surface area contributed by atoms with Gasteiger partial charge in [0.2, 0.25) is 0 Å². The second kappa shape index (κ2) is 10.2. The molecule has 0 fully saturated rings. The zero-order valence-electron chi connectivity index (χ0n) is 15.1. The van der Waals surface area contributed by atoms with Crippen LogP contribution in [0.2, 0.25) is 0 Å². The van der Waals surface area contributed by atoms with Crippen molar-refractivity contribution in [3.8, 4) is 0 Å². The molecule has 0 saturated carbocycles. The van der Waals surface area contributed by atoms with Crippen molar-refractivity contribution >= 4 is 0 Å². The van der Waals surface area contributed by atoms with Crippen LogP contribution in [0.4, 0.5) is 0 Å². The van der Waals surface area contributed by atoms with Gasteiger partial charge in [0.1, 0.15) is 0 Å². The summed E-state index contributed by atoms with van der Waals surface area (Å²) in [6, 6.07) is 8.79. The maximum absolute atomic E-state index is 2.41. The van der Waals surface area contributed by atoms with Crippen LogP contribution in [0.25, 0.3) is 0 Å². The average Bonchev–Trinajstić information content (AvgIpc) is 2.45. The van der Waals surface area contributed by atoms with E-state index < -0.39 is 0 Å². The minimum absolute atomic E-state index is 1.05. The summed E-state index contributed by atoms with van der Waals surface area (Å²) in [4.78, 5) is 0. The van der Waals surface area contributed by atoms with E-state index in [1.807, 2.05) is 0 Å². The third kappa shape index (κ3) is 8.67. The van der Waals surface area contributed by atoms with Crippen LogP contribution in [0.1, 0.15) is 64.5 Å². The molecule has 0 amide bonds. The molecule has 0 aromatic heterocycles. The first kappa shape index (κ1) is 18.5. The van der Waals surface area contributed by atoms with E-state index in [0.717, 1.165) is 12.8 Å². The quantitative estimate of drug-likeness (QED) is 0.455. The van der Waals surface area contributed by atoms with E-state index in [-0.39, 0.29) is 0 Å². The van der Waals surface area contributed by atoms with Crippen molar-refractivity contribution in [1.29, 1.82) is 0 Å². The zero-order valence-corrected chi connectivity index (χ0v) is 15.1. The maximum Gasteiger partial charge on any atom is -0.00948 e. The highest BCUT2D eigenvalue weighted by atomic mass is 14.0. The molecule has 0 saturated heterocycles. The Morgan fingerprint density at radius 1 is 0.864 bits per heavy atom. The molecule has 0 aliphatic carbocycles. The van der Waals surface area contributed by atoms with Gasteiger partial charge in [0, 0.05) is 0 Å². The number of aryl methyl sites for hydroxylation is 1. The van der Waals surface area contributed by atoms with Crippen molar-refractivity contribution in [2.24, 2.45) is 0 Å². The van der Waals surface area contributed by atoms with Crippen LogP contribution in [0.5, 0.6) is 0 Å². The van der Waals surface area contributed by atoms with Crippen LogP contribution < -0.4 is 0 Å². The molecule has 0 aliphatic rings. The van der Waals surface area contributed by atoms with Crippen molar-refractivity contribution in [3.63, 3.8) is 0 Å². The topological polar surface area (TPSA) is 0 Å². The van der Waals surface area contributed by atoms with Crippen LogP contribution in [-0.4, -0.2) is 0 Å². The first-order chi connectivity index (χ1) is 10.5. The maximum atomic E-state index is 2.41. The molecule has 0 nitrogen and oxygen atoms in total. The minimum Gasteiger partial charge on any atom is -0.0856 e. The van der Waals surface area contributed by atoms with Crippen LogP contribution >= 0.6 is 0 Å². The lowest BCUT2D eigenvalue weighted by atomic mass is 10.0. The molecule has 1 aromatic carbocycles. The van der Waals surface area contributed by atoms with Gasteiger partial charge in [-0.15, -0.1) is 0 Å². The van der Waals surface area contributed by atoms with Gasteiger partial charge < -0.3 is 0 Å². The molecule has 0 radical (unpaired) electrons. The summed E-state index contributed by atoms with van der Waals surface area (Å²) in [6.45, 7) is 11.0. The zero-order chi connectivity index (χ0) is 16.4. The molecule has 0 spiro atoms. The van der Waals surface area contributed by atoms with Gasteiger partial charge in [0.15, 0.2) is 0 Å². The first-order valence-electron chi connectivity index (χ1n) is 8.47. The Hall–Kier alpha value is -1.56. The summed E-state index contributed by atoms with van der Waals surface area (Å²) in [6.07, 6.45) is 12.9. The largest absolute Gasteiger partial charge is 0.0856 e.